The predicted octanol–water partition coefficient (Wildman–Crippen LogP) is 3.33. The lowest BCUT2D eigenvalue weighted by Gasteiger charge is -2.16. The molecule has 0 saturated carbocycles. The average molecular weight is 286 g/mol. The molecule has 0 spiro atoms. The predicted molar refractivity (Wildman–Crippen MR) is 63.3 cm³/mol. The van der Waals surface area contributed by atoms with Crippen LogP contribution in [0.15, 0.2) is 30.3 Å². The quantitative estimate of drug-likeness (QED) is 0.692. The van der Waals surface area contributed by atoms with Crippen molar-refractivity contribution in [1.29, 1.82) is 0 Å². The van der Waals surface area contributed by atoms with Crippen LogP contribution >= 0.6 is 0 Å². The van der Waals surface area contributed by atoms with Gasteiger partial charge in [0.2, 0.25) is 0 Å². The molecule has 1 atom stereocenters. The lowest BCUT2D eigenvalue weighted by atomic mass is 9.99. The van der Waals surface area contributed by atoms with Gasteiger partial charge in [-0.3, -0.25) is 0 Å². The van der Waals surface area contributed by atoms with Crippen molar-refractivity contribution in [2.75, 3.05) is 7.11 Å². The highest BCUT2D eigenvalue weighted by Crippen LogP contribution is 2.34. The van der Waals surface area contributed by atoms with Crippen LogP contribution in [-0.2, 0) is 0 Å². The fourth-order valence-corrected chi connectivity index (χ4v) is 1.87. The van der Waals surface area contributed by atoms with Crippen molar-refractivity contribution in [3.8, 4) is 5.75 Å². The molecule has 0 aliphatic carbocycles. The number of halogens is 4. The molecular weight excluding hydrogens is 276 g/mol. The minimum absolute atomic E-state index is 0.0263. The Hall–Kier alpha value is -2.08. The van der Waals surface area contributed by atoms with Gasteiger partial charge in [0.25, 0.3) is 0 Å². The summed E-state index contributed by atoms with van der Waals surface area (Å²) < 4.78 is 58.3. The van der Waals surface area contributed by atoms with Gasteiger partial charge in [-0.25, -0.2) is 17.6 Å². The smallest absolute Gasteiger partial charge is 0.194 e. The van der Waals surface area contributed by atoms with Crippen molar-refractivity contribution >= 4 is 0 Å². The number of ether oxygens (including phenoxy) is 1. The molecule has 0 heterocycles. The maximum atomic E-state index is 13.8. The molecule has 1 unspecified atom stereocenters. The van der Waals surface area contributed by atoms with Crippen LogP contribution < -0.4 is 4.74 Å². The summed E-state index contributed by atoms with van der Waals surface area (Å²) in [5, 5.41) is 10.0. The molecule has 2 aromatic rings. The second-order valence-electron chi connectivity index (χ2n) is 4.02. The zero-order chi connectivity index (χ0) is 14.9. The van der Waals surface area contributed by atoms with E-state index in [1.165, 1.54) is 19.2 Å². The number of hydrogen-bond donors (Lipinski definition) is 1. The first-order valence-corrected chi connectivity index (χ1v) is 5.61. The van der Waals surface area contributed by atoms with E-state index in [9.17, 15) is 22.7 Å². The van der Waals surface area contributed by atoms with Crippen molar-refractivity contribution in [1.82, 2.24) is 0 Å². The molecule has 0 aliphatic heterocycles. The Morgan fingerprint density at radius 1 is 0.950 bits per heavy atom. The van der Waals surface area contributed by atoms with Crippen molar-refractivity contribution in [2.24, 2.45) is 0 Å². The number of aliphatic hydroxyl groups is 1. The van der Waals surface area contributed by atoms with Gasteiger partial charge in [0.05, 0.1) is 12.7 Å². The van der Waals surface area contributed by atoms with Gasteiger partial charge in [0.15, 0.2) is 17.5 Å². The molecule has 0 fully saturated rings. The lowest BCUT2D eigenvalue weighted by Crippen LogP contribution is -2.09. The molecule has 0 radical (unpaired) electrons. The third-order valence-electron chi connectivity index (χ3n) is 2.87. The van der Waals surface area contributed by atoms with E-state index >= 15 is 0 Å². The molecule has 20 heavy (non-hydrogen) atoms. The Bertz CT molecular complexity index is 643. The van der Waals surface area contributed by atoms with Crippen molar-refractivity contribution in [3.05, 3.63) is 64.7 Å². The van der Waals surface area contributed by atoms with Gasteiger partial charge >= 0.3 is 0 Å². The molecule has 0 saturated heterocycles. The van der Waals surface area contributed by atoms with Crippen LogP contribution in [0.5, 0.6) is 5.75 Å². The van der Waals surface area contributed by atoms with Crippen LogP contribution in [0.25, 0.3) is 0 Å². The summed E-state index contributed by atoms with van der Waals surface area (Å²) in [6.07, 6.45) is -1.82. The standard InChI is InChI=1S/C14H10F4O2/c1-20-10-4-2-3-8(15)11(10)14(19)7-5-6-9(16)13(18)12(7)17/h2-6,14,19H,1H3. The van der Waals surface area contributed by atoms with E-state index in [0.717, 1.165) is 12.1 Å². The van der Waals surface area contributed by atoms with Crippen molar-refractivity contribution < 1.29 is 27.4 Å². The zero-order valence-electron chi connectivity index (χ0n) is 10.3. The lowest BCUT2D eigenvalue weighted by molar-refractivity contribution is 0.202. The zero-order valence-corrected chi connectivity index (χ0v) is 10.3. The molecule has 1 N–H and O–H groups in total. The maximum Gasteiger partial charge on any atom is 0.194 e. The highest BCUT2D eigenvalue weighted by Gasteiger charge is 2.25. The summed E-state index contributed by atoms with van der Waals surface area (Å²) in [7, 11) is 1.24. The fourth-order valence-electron chi connectivity index (χ4n) is 1.87. The molecule has 2 rings (SSSR count). The second kappa shape index (κ2) is 5.50. The number of aliphatic hydroxyl groups excluding tert-OH is 1. The summed E-state index contributed by atoms with van der Waals surface area (Å²) in [6.45, 7) is 0. The monoisotopic (exact) mass is 286 g/mol. The largest absolute Gasteiger partial charge is 0.496 e. The van der Waals surface area contributed by atoms with E-state index in [1.807, 2.05) is 0 Å². The molecule has 106 valence electrons. The van der Waals surface area contributed by atoms with E-state index in [-0.39, 0.29) is 11.3 Å². The normalized spacial score (nSPS) is 12.3. The molecule has 2 aromatic carbocycles. The average Bonchev–Trinajstić information content (AvgIpc) is 2.44. The van der Waals surface area contributed by atoms with Crippen LogP contribution in [0.4, 0.5) is 17.6 Å². The minimum Gasteiger partial charge on any atom is -0.496 e. The third kappa shape index (κ3) is 2.34. The number of hydrogen-bond acceptors (Lipinski definition) is 2. The van der Waals surface area contributed by atoms with Crippen LogP contribution in [0, 0.1) is 23.3 Å². The van der Waals surface area contributed by atoms with Gasteiger partial charge in [-0.1, -0.05) is 12.1 Å². The first kappa shape index (κ1) is 14.3. The molecule has 0 amide bonds. The number of rotatable bonds is 3. The van der Waals surface area contributed by atoms with Crippen LogP contribution in [0.2, 0.25) is 0 Å². The highest BCUT2D eigenvalue weighted by atomic mass is 19.2. The maximum absolute atomic E-state index is 13.8. The van der Waals surface area contributed by atoms with E-state index in [1.54, 1.807) is 0 Å². The van der Waals surface area contributed by atoms with Gasteiger partial charge in [-0.15, -0.1) is 0 Å². The summed E-state index contributed by atoms with van der Waals surface area (Å²) in [5.74, 6) is -5.55. The van der Waals surface area contributed by atoms with Gasteiger partial charge in [0.1, 0.15) is 17.7 Å². The van der Waals surface area contributed by atoms with E-state index in [2.05, 4.69) is 0 Å². The number of methoxy groups -OCH3 is 1. The summed E-state index contributed by atoms with van der Waals surface area (Å²) in [4.78, 5) is 0. The summed E-state index contributed by atoms with van der Waals surface area (Å²) in [6, 6.07) is 5.25. The molecule has 2 nitrogen and oxygen atoms in total. The molecule has 6 heteroatoms. The molecule has 0 aromatic heterocycles. The van der Waals surface area contributed by atoms with Gasteiger partial charge < -0.3 is 9.84 Å². The second-order valence-corrected chi connectivity index (χ2v) is 4.02. The van der Waals surface area contributed by atoms with Crippen LogP contribution in [-0.4, -0.2) is 12.2 Å². The van der Waals surface area contributed by atoms with Gasteiger partial charge in [-0.05, 0) is 18.2 Å². The Kier molecular flexibility index (Phi) is 3.94. The Balaban J connectivity index is 2.58. The van der Waals surface area contributed by atoms with Gasteiger partial charge in [-0.2, -0.15) is 0 Å². The first-order valence-electron chi connectivity index (χ1n) is 5.61. The molecule has 0 aliphatic rings. The topological polar surface area (TPSA) is 29.5 Å². The fraction of sp³-hybridized carbons (Fsp3) is 0.143. The Morgan fingerprint density at radius 3 is 2.30 bits per heavy atom. The molecular formula is C14H10F4O2. The number of benzene rings is 2. The van der Waals surface area contributed by atoms with Crippen molar-refractivity contribution in [3.63, 3.8) is 0 Å². The van der Waals surface area contributed by atoms with E-state index in [0.29, 0.717) is 6.07 Å². The van der Waals surface area contributed by atoms with Crippen molar-refractivity contribution in [2.45, 2.75) is 6.10 Å². The molecule has 0 bridgehead atoms. The summed E-state index contributed by atoms with van der Waals surface area (Å²) >= 11 is 0. The van der Waals surface area contributed by atoms with E-state index < -0.39 is 34.9 Å². The summed E-state index contributed by atoms with van der Waals surface area (Å²) in [5.41, 5.74) is -0.924. The highest BCUT2D eigenvalue weighted by molar-refractivity contribution is 5.41. The Labute approximate surface area is 112 Å². The van der Waals surface area contributed by atoms with Crippen LogP contribution in [0.1, 0.15) is 17.2 Å². The van der Waals surface area contributed by atoms with Gasteiger partial charge in [0, 0.05) is 5.56 Å². The third-order valence-corrected chi connectivity index (χ3v) is 2.87. The Morgan fingerprint density at radius 2 is 1.65 bits per heavy atom. The minimum atomic E-state index is -1.82. The SMILES string of the molecule is COc1cccc(F)c1C(O)c1ccc(F)c(F)c1F. The van der Waals surface area contributed by atoms with Crippen LogP contribution in [0.3, 0.4) is 0 Å². The van der Waals surface area contributed by atoms with E-state index in [4.69, 9.17) is 4.74 Å². The first-order chi connectivity index (χ1) is 9.47.